The number of aliphatic hydroxyl groups excluding tert-OH is 1. The standard InChI is InChI=1S/C21H30O4/c1-4-5-13-21(2,15-12-20(23)24-3)14-11-19(22)17-25-16-18-9-7-6-8-10-18/h6-12,14-15,19,22H,4-5,13,16-17H2,1-3H3/b14-11+,15-12+/t19-,21+/m1/s1. The van der Waals surface area contributed by atoms with Crippen LogP contribution in [0.15, 0.2) is 54.6 Å². The van der Waals surface area contributed by atoms with Crippen molar-refractivity contribution in [2.75, 3.05) is 13.7 Å². The highest BCUT2D eigenvalue weighted by Crippen LogP contribution is 2.28. The van der Waals surface area contributed by atoms with Crippen molar-refractivity contribution in [3.05, 3.63) is 60.2 Å². The van der Waals surface area contributed by atoms with Crippen LogP contribution in [0.3, 0.4) is 0 Å². The Morgan fingerprint density at radius 3 is 2.64 bits per heavy atom. The third-order valence-corrected chi connectivity index (χ3v) is 3.97. The molecule has 0 amide bonds. The Morgan fingerprint density at radius 1 is 1.28 bits per heavy atom. The number of rotatable bonds is 11. The van der Waals surface area contributed by atoms with Gasteiger partial charge in [0.1, 0.15) is 0 Å². The fourth-order valence-corrected chi connectivity index (χ4v) is 2.36. The second kappa shape index (κ2) is 11.6. The number of ether oxygens (including phenoxy) is 2. The maximum Gasteiger partial charge on any atom is 0.330 e. The van der Waals surface area contributed by atoms with Crippen molar-refractivity contribution < 1.29 is 19.4 Å². The summed E-state index contributed by atoms with van der Waals surface area (Å²) in [5.74, 6) is -0.372. The van der Waals surface area contributed by atoms with E-state index in [2.05, 4.69) is 11.7 Å². The molecule has 0 unspecified atom stereocenters. The second-order valence-electron chi connectivity index (χ2n) is 6.39. The van der Waals surface area contributed by atoms with E-state index in [1.54, 1.807) is 6.08 Å². The number of allylic oxidation sites excluding steroid dienone is 2. The van der Waals surface area contributed by atoms with Gasteiger partial charge in [-0.15, -0.1) is 0 Å². The lowest BCUT2D eigenvalue weighted by Gasteiger charge is -2.22. The topological polar surface area (TPSA) is 55.8 Å². The first-order valence-corrected chi connectivity index (χ1v) is 8.75. The van der Waals surface area contributed by atoms with Crippen molar-refractivity contribution >= 4 is 5.97 Å². The summed E-state index contributed by atoms with van der Waals surface area (Å²) in [5.41, 5.74) is 0.775. The molecule has 0 heterocycles. The zero-order valence-electron chi connectivity index (χ0n) is 15.5. The lowest BCUT2D eigenvalue weighted by Crippen LogP contribution is -2.16. The first-order valence-electron chi connectivity index (χ1n) is 8.75. The van der Waals surface area contributed by atoms with Gasteiger partial charge < -0.3 is 14.6 Å². The molecule has 0 aliphatic heterocycles. The molecule has 0 aliphatic carbocycles. The molecule has 0 saturated carbocycles. The minimum absolute atomic E-state index is 0.232. The van der Waals surface area contributed by atoms with Gasteiger partial charge >= 0.3 is 5.97 Å². The molecule has 25 heavy (non-hydrogen) atoms. The number of carbonyl (C=O) groups is 1. The summed E-state index contributed by atoms with van der Waals surface area (Å²) in [6.45, 7) is 4.87. The number of aliphatic hydroxyl groups is 1. The average Bonchev–Trinajstić information content (AvgIpc) is 2.64. The SMILES string of the molecule is CCCC[C@](C)(/C=C/C(=O)OC)/C=C/[C@@H](O)COCc1ccccc1. The molecule has 1 aromatic carbocycles. The van der Waals surface area contributed by atoms with Gasteiger partial charge in [-0.05, 0) is 12.0 Å². The van der Waals surface area contributed by atoms with E-state index in [1.807, 2.05) is 49.4 Å². The van der Waals surface area contributed by atoms with Crippen LogP contribution in [0.4, 0.5) is 0 Å². The van der Waals surface area contributed by atoms with E-state index < -0.39 is 6.10 Å². The normalized spacial score (nSPS) is 15.4. The van der Waals surface area contributed by atoms with E-state index in [-0.39, 0.29) is 18.0 Å². The fourth-order valence-electron chi connectivity index (χ4n) is 2.36. The van der Waals surface area contributed by atoms with Crippen LogP contribution in [-0.4, -0.2) is 30.9 Å². The number of hydrogen-bond donors (Lipinski definition) is 1. The van der Waals surface area contributed by atoms with Crippen molar-refractivity contribution in [3.8, 4) is 0 Å². The van der Waals surface area contributed by atoms with Crippen molar-refractivity contribution in [2.45, 2.75) is 45.8 Å². The summed E-state index contributed by atoms with van der Waals surface area (Å²) in [5, 5.41) is 10.1. The van der Waals surface area contributed by atoms with Gasteiger partial charge in [0.2, 0.25) is 0 Å². The van der Waals surface area contributed by atoms with Crippen LogP contribution >= 0.6 is 0 Å². The van der Waals surface area contributed by atoms with Crippen LogP contribution in [0.1, 0.15) is 38.7 Å². The molecule has 0 radical (unpaired) electrons. The highest BCUT2D eigenvalue weighted by Gasteiger charge is 2.17. The summed E-state index contributed by atoms with van der Waals surface area (Å²) < 4.78 is 10.2. The van der Waals surface area contributed by atoms with Crippen LogP contribution in [0.5, 0.6) is 0 Å². The zero-order valence-corrected chi connectivity index (χ0v) is 15.5. The average molecular weight is 346 g/mol. The zero-order chi connectivity index (χ0) is 18.5. The van der Waals surface area contributed by atoms with E-state index >= 15 is 0 Å². The number of benzene rings is 1. The number of carbonyl (C=O) groups excluding carboxylic acids is 1. The quantitative estimate of drug-likeness (QED) is 0.373. The van der Waals surface area contributed by atoms with Gasteiger partial charge in [0.15, 0.2) is 0 Å². The molecule has 2 atom stereocenters. The van der Waals surface area contributed by atoms with Crippen LogP contribution in [0.25, 0.3) is 0 Å². The molecule has 4 heteroatoms. The van der Waals surface area contributed by atoms with E-state index in [9.17, 15) is 9.90 Å². The highest BCUT2D eigenvalue weighted by molar-refractivity contribution is 5.81. The Hall–Kier alpha value is -1.91. The maximum atomic E-state index is 11.3. The van der Waals surface area contributed by atoms with Crippen molar-refractivity contribution in [1.29, 1.82) is 0 Å². The summed E-state index contributed by atoms with van der Waals surface area (Å²) in [6, 6.07) is 9.85. The monoisotopic (exact) mass is 346 g/mol. The molecular weight excluding hydrogens is 316 g/mol. The first kappa shape index (κ1) is 21.1. The first-order chi connectivity index (χ1) is 12.0. The molecule has 0 saturated heterocycles. The molecule has 1 N–H and O–H groups in total. The van der Waals surface area contributed by atoms with Gasteiger partial charge in [-0.25, -0.2) is 4.79 Å². The predicted octanol–water partition coefficient (Wildman–Crippen LogP) is 4.05. The Morgan fingerprint density at radius 2 is 2.00 bits per heavy atom. The maximum absolute atomic E-state index is 11.3. The van der Waals surface area contributed by atoms with Crippen molar-refractivity contribution in [2.24, 2.45) is 5.41 Å². The molecule has 0 spiro atoms. The van der Waals surface area contributed by atoms with E-state index in [0.29, 0.717) is 6.61 Å². The Labute approximate surface area is 151 Å². The van der Waals surface area contributed by atoms with Gasteiger partial charge in [0, 0.05) is 11.5 Å². The van der Waals surface area contributed by atoms with Crippen LogP contribution in [-0.2, 0) is 20.9 Å². The summed E-state index contributed by atoms with van der Waals surface area (Å²) in [4.78, 5) is 11.3. The molecule has 0 aromatic heterocycles. The van der Waals surface area contributed by atoms with Crippen LogP contribution in [0, 0.1) is 5.41 Å². The van der Waals surface area contributed by atoms with Crippen LogP contribution in [0.2, 0.25) is 0 Å². The molecule has 138 valence electrons. The third-order valence-electron chi connectivity index (χ3n) is 3.97. The molecule has 0 aliphatic rings. The summed E-state index contributed by atoms with van der Waals surface area (Å²) in [7, 11) is 1.36. The Bertz CT molecular complexity index is 550. The van der Waals surface area contributed by atoms with Crippen molar-refractivity contribution in [1.82, 2.24) is 0 Å². The number of unbranched alkanes of at least 4 members (excludes halogenated alkanes) is 1. The van der Waals surface area contributed by atoms with Gasteiger partial charge in [-0.3, -0.25) is 0 Å². The van der Waals surface area contributed by atoms with Gasteiger partial charge in [-0.2, -0.15) is 0 Å². The lowest BCUT2D eigenvalue weighted by molar-refractivity contribution is -0.134. The summed E-state index contributed by atoms with van der Waals surface area (Å²) >= 11 is 0. The Balaban J connectivity index is 2.55. The molecular formula is C21H30O4. The fraction of sp³-hybridized carbons (Fsp3) is 0.476. The minimum atomic E-state index is -0.684. The molecule has 0 fully saturated rings. The van der Waals surface area contributed by atoms with Crippen molar-refractivity contribution in [3.63, 3.8) is 0 Å². The van der Waals surface area contributed by atoms with Gasteiger partial charge in [0.05, 0.1) is 26.4 Å². The van der Waals surface area contributed by atoms with Gasteiger partial charge in [0.25, 0.3) is 0 Å². The smallest absolute Gasteiger partial charge is 0.330 e. The lowest BCUT2D eigenvalue weighted by atomic mass is 9.83. The summed E-state index contributed by atoms with van der Waals surface area (Å²) in [6.07, 6.45) is 9.27. The van der Waals surface area contributed by atoms with Gasteiger partial charge in [-0.1, -0.05) is 75.2 Å². The molecule has 1 rings (SSSR count). The van der Waals surface area contributed by atoms with Crippen LogP contribution < -0.4 is 0 Å². The van der Waals surface area contributed by atoms with E-state index in [0.717, 1.165) is 24.8 Å². The van der Waals surface area contributed by atoms with E-state index in [1.165, 1.54) is 13.2 Å². The number of esters is 1. The number of methoxy groups -OCH3 is 1. The molecule has 0 bridgehead atoms. The predicted molar refractivity (Wildman–Crippen MR) is 100 cm³/mol. The molecule has 4 nitrogen and oxygen atoms in total. The third kappa shape index (κ3) is 9.22. The largest absolute Gasteiger partial charge is 0.466 e. The number of hydrogen-bond acceptors (Lipinski definition) is 4. The van der Waals surface area contributed by atoms with E-state index in [4.69, 9.17) is 4.74 Å². The second-order valence-corrected chi connectivity index (χ2v) is 6.39. The highest BCUT2D eigenvalue weighted by atomic mass is 16.5. The molecule has 1 aromatic rings. The minimum Gasteiger partial charge on any atom is -0.466 e. The Kier molecular flexibility index (Phi) is 9.81.